The summed E-state index contributed by atoms with van der Waals surface area (Å²) in [6.45, 7) is 6.15. The predicted molar refractivity (Wildman–Crippen MR) is 212 cm³/mol. The van der Waals surface area contributed by atoms with Crippen molar-refractivity contribution in [3.63, 3.8) is 0 Å². The largest absolute Gasteiger partial charge is 0.395 e. The van der Waals surface area contributed by atoms with E-state index in [4.69, 9.17) is 0 Å². The molecule has 8 nitrogen and oxygen atoms in total. The zero-order valence-corrected chi connectivity index (χ0v) is 30.3. The molecule has 49 heavy (non-hydrogen) atoms. The second kappa shape index (κ2) is 24.7. The summed E-state index contributed by atoms with van der Waals surface area (Å²) in [5, 5.41) is 37.1. The summed E-state index contributed by atoms with van der Waals surface area (Å²) in [5.74, 6) is 2.00. The van der Waals surface area contributed by atoms with Crippen LogP contribution in [0.15, 0.2) is 95.8 Å². The number of hydrogen-bond acceptors (Lipinski definition) is 9. The van der Waals surface area contributed by atoms with Crippen molar-refractivity contribution in [2.75, 3.05) is 80.5 Å². The fourth-order valence-corrected chi connectivity index (χ4v) is 6.88. The standard InChI is InChI=1S/C39H53N4O4S2/c1-2-3-34(4-5-35-8-12-38(13-9-35)42(23-28-44)24-29-45)16-19-40-20-32-48-49-33-27-41-21-17-37(18-22-41)7-6-36-10-14-39(15-11-36)43(25-30-46)26-31-47/h4-19,21-22,44-47H,2-3,20,23-33H2,1H3/q+1/b5-4+,34-16+,40-19?. The van der Waals surface area contributed by atoms with Crippen LogP contribution in [0.1, 0.15) is 36.5 Å². The molecule has 0 aliphatic rings. The van der Waals surface area contributed by atoms with Gasteiger partial charge in [0, 0.05) is 68.2 Å². The van der Waals surface area contributed by atoms with Gasteiger partial charge in [0.15, 0.2) is 18.9 Å². The number of hydrogen-bond donors (Lipinski definition) is 4. The highest BCUT2D eigenvalue weighted by Crippen LogP contribution is 2.21. The summed E-state index contributed by atoms with van der Waals surface area (Å²) in [4.78, 5) is 8.54. The lowest BCUT2D eigenvalue weighted by Gasteiger charge is -2.22. The molecular weight excluding hydrogens is 653 g/mol. The van der Waals surface area contributed by atoms with Crippen molar-refractivity contribution < 1.29 is 25.0 Å². The Labute approximate surface area is 300 Å². The van der Waals surface area contributed by atoms with Crippen LogP contribution in [-0.4, -0.2) is 97.3 Å². The molecular formula is C39H53N4O4S2+. The summed E-state index contributed by atoms with van der Waals surface area (Å²) in [6.07, 6.45) is 18.8. The minimum absolute atomic E-state index is 0.0558. The van der Waals surface area contributed by atoms with E-state index in [0.717, 1.165) is 65.5 Å². The number of aliphatic hydroxyl groups is 4. The molecule has 2 aromatic carbocycles. The second-order valence-corrected chi connectivity index (χ2v) is 14.0. The fraction of sp³-hybridized carbons (Fsp3) is 0.385. The van der Waals surface area contributed by atoms with Gasteiger partial charge in [-0.05, 0) is 59.0 Å². The Balaban J connectivity index is 1.35. The number of anilines is 2. The maximum atomic E-state index is 9.28. The van der Waals surface area contributed by atoms with E-state index in [2.05, 4.69) is 95.7 Å². The van der Waals surface area contributed by atoms with E-state index in [1.165, 1.54) is 5.57 Å². The minimum atomic E-state index is 0.0558. The Bertz CT molecular complexity index is 1420. The summed E-state index contributed by atoms with van der Waals surface area (Å²) < 4.78 is 2.21. The number of nitrogens with zero attached hydrogens (tertiary/aromatic N) is 4. The molecule has 0 atom stereocenters. The van der Waals surface area contributed by atoms with E-state index >= 15 is 0 Å². The number of rotatable bonds is 24. The van der Waals surface area contributed by atoms with E-state index in [-0.39, 0.29) is 26.4 Å². The quantitative estimate of drug-likeness (QED) is 0.0314. The molecule has 0 fully saturated rings. The van der Waals surface area contributed by atoms with Crippen LogP contribution in [-0.2, 0) is 6.54 Å². The molecule has 0 saturated heterocycles. The molecule has 0 radical (unpaired) electrons. The Morgan fingerprint density at radius 3 is 1.67 bits per heavy atom. The van der Waals surface area contributed by atoms with E-state index < -0.39 is 0 Å². The van der Waals surface area contributed by atoms with Crippen molar-refractivity contribution >= 4 is 57.4 Å². The van der Waals surface area contributed by atoms with E-state index in [9.17, 15) is 20.4 Å². The van der Waals surface area contributed by atoms with Crippen LogP contribution in [0.5, 0.6) is 0 Å². The Hall–Kier alpha value is -3.38. The van der Waals surface area contributed by atoms with Gasteiger partial charge >= 0.3 is 0 Å². The number of aryl methyl sites for hydroxylation is 1. The zero-order valence-electron chi connectivity index (χ0n) is 28.7. The maximum Gasteiger partial charge on any atom is 0.169 e. The molecule has 1 heterocycles. The third kappa shape index (κ3) is 15.8. The predicted octanol–water partition coefficient (Wildman–Crippen LogP) is 5.62. The highest BCUT2D eigenvalue weighted by Gasteiger charge is 2.06. The maximum absolute atomic E-state index is 9.28. The van der Waals surface area contributed by atoms with Crippen molar-refractivity contribution in [3.8, 4) is 0 Å². The molecule has 0 spiro atoms. The molecule has 0 saturated carbocycles. The topological polar surface area (TPSA) is 104 Å². The molecule has 0 amide bonds. The SMILES string of the molecule is CCCC(/C=C/c1ccc(N(CCO)CCO)cc1)=C\C=NCCSSCC[n+]1ccc(/C=C/c2ccc(N(CCO)CCO)cc2)cc1. The van der Waals surface area contributed by atoms with E-state index in [1.54, 1.807) is 0 Å². The molecule has 0 unspecified atom stereocenters. The minimum Gasteiger partial charge on any atom is -0.395 e. The lowest BCUT2D eigenvalue weighted by atomic mass is 10.1. The van der Waals surface area contributed by atoms with Gasteiger partial charge in [0.25, 0.3) is 0 Å². The lowest BCUT2D eigenvalue weighted by molar-refractivity contribution is -0.692. The van der Waals surface area contributed by atoms with Gasteiger partial charge in [-0.2, -0.15) is 0 Å². The average molecular weight is 706 g/mol. The Morgan fingerprint density at radius 1 is 0.673 bits per heavy atom. The highest BCUT2D eigenvalue weighted by atomic mass is 33.1. The molecule has 0 bridgehead atoms. The summed E-state index contributed by atoms with van der Waals surface area (Å²) in [5.41, 5.74) is 6.58. The number of allylic oxidation sites excluding steroid dienone is 3. The van der Waals surface area contributed by atoms with Crippen molar-refractivity contribution in [3.05, 3.63) is 107 Å². The van der Waals surface area contributed by atoms with Crippen LogP contribution in [0.2, 0.25) is 0 Å². The van der Waals surface area contributed by atoms with Gasteiger partial charge in [-0.1, -0.05) is 83.5 Å². The van der Waals surface area contributed by atoms with E-state index in [0.29, 0.717) is 26.2 Å². The monoisotopic (exact) mass is 705 g/mol. The van der Waals surface area contributed by atoms with Crippen LogP contribution >= 0.6 is 21.6 Å². The van der Waals surface area contributed by atoms with Gasteiger partial charge in [0.1, 0.15) is 0 Å². The molecule has 3 aromatic rings. The molecule has 4 N–H and O–H groups in total. The number of benzene rings is 2. The van der Waals surface area contributed by atoms with Crippen molar-refractivity contribution in [2.45, 2.75) is 26.3 Å². The normalized spacial score (nSPS) is 12.1. The van der Waals surface area contributed by atoms with Crippen LogP contribution in [0.25, 0.3) is 18.2 Å². The molecule has 3 rings (SSSR count). The number of aliphatic hydroxyl groups excluding tert-OH is 4. The van der Waals surface area contributed by atoms with Crippen molar-refractivity contribution in [1.82, 2.24) is 0 Å². The van der Waals surface area contributed by atoms with Crippen LogP contribution in [0.4, 0.5) is 11.4 Å². The molecule has 10 heteroatoms. The first-order chi connectivity index (χ1) is 24.1. The van der Waals surface area contributed by atoms with Crippen molar-refractivity contribution in [2.24, 2.45) is 4.99 Å². The highest BCUT2D eigenvalue weighted by molar-refractivity contribution is 8.76. The Morgan fingerprint density at radius 2 is 1.16 bits per heavy atom. The van der Waals surface area contributed by atoms with Gasteiger partial charge in [-0.25, -0.2) is 4.57 Å². The summed E-state index contributed by atoms with van der Waals surface area (Å²) >= 11 is 0. The lowest BCUT2D eigenvalue weighted by Crippen LogP contribution is -2.33. The van der Waals surface area contributed by atoms with Crippen molar-refractivity contribution in [1.29, 1.82) is 0 Å². The molecule has 0 aliphatic carbocycles. The first-order valence-corrected chi connectivity index (χ1v) is 19.5. The van der Waals surface area contributed by atoms with Gasteiger partial charge in [-0.3, -0.25) is 4.99 Å². The Kier molecular flexibility index (Phi) is 20.2. The van der Waals surface area contributed by atoms with Gasteiger partial charge in [-0.15, -0.1) is 0 Å². The average Bonchev–Trinajstić information content (AvgIpc) is 3.13. The summed E-state index contributed by atoms with van der Waals surface area (Å²) in [7, 11) is 3.74. The first kappa shape index (κ1) is 40.1. The second-order valence-electron chi connectivity index (χ2n) is 11.3. The smallest absolute Gasteiger partial charge is 0.169 e. The van der Waals surface area contributed by atoms with Crippen LogP contribution in [0.3, 0.4) is 0 Å². The van der Waals surface area contributed by atoms with Crippen LogP contribution in [0, 0.1) is 0 Å². The molecule has 264 valence electrons. The number of pyridine rings is 1. The third-order valence-electron chi connectivity index (χ3n) is 7.62. The number of aromatic nitrogens is 1. The van der Waals surface area contributed by atoms with Gasteiger partial charge in [0.2, 0.25) is 0 Å². The van der Waals surface area contributed by atoms with E-state index in [1.807, 2.05) is 61.9 Å². The zero-order chi connectivity index (χ0) is 34.9. The number of aliphatic imine (C=N–C) groups is 1. The van der Waals surface area contributed by atoms with Gasteiger partial charge < -0.3 is 30.2 Å². The summed E-state index contributed by atoms with van der Waals surface area (Å²) in [6, 6.07) is 20.6. The fourth-order valence-electron chi connectivity index (χ4n) is 5.02. The molecule has 1 aromatic heterocycles. The third-order valence-corrected chi connectivity index (χ3v) is 9.99. The molecule has 0 aliphatic heterocycles. The van der Waals surface area contributed by atoms with Crippen LogP contribution < -0.4 is 14.4 Å². The van der Waals surface area contributed by atoms with Gasteiger partial charge in [0.05, 0.1) is 32.2 Å². The first-order valence-electron chi connectivity index (χ1n) is 17.0.